The van der Waals surface area contributed by atoms with Gasteiger partial charge in [-0.3, -0.25) is 0 Å². The molecule has 0 aliphatic carbocycles. The molecular formula is C12H9ClN4O3. The lowest BCUT2D eigenvalue weighted by Crippen LogP contribution is -1.99. The highest BCUT2D eigenvalue weighted by atomic mass is 35.5. The SMILES string of the molecule is COc1nc(Cl)nc(Oc2ccc(C#N)cc2OC)n1. The lowest BCUT2D eigenvalue weighted by atomic mass is 10.2. The number of hydrogen-bond donors (Lipinski definition) is 0. The van der Waals surface area contributed by atoms with E-state index in [1.807, 2.05) is 6.07 Å². The Morgan fingerprint density at radius 2 is 1.80 bits per heavy atom. The van der Waals surface area contributed by atoms with Crippen LogP contribution in [-0.4, -0.2) is 29.2 Å². The van der Waals surface area contributed by atoms with Crippen LogP contribution in [0.2, 0.25) is 5.28 Å². The van der Waals surface area contributed by atoms with Gasteiger partial charge >= 0.3 is 12.0 Å². The fraction of sp³-hybridized carbons (Fsp3) is 0.167. The van der Waals surface area contributed by atoms with Crippen molar-refractivity contribution >= 4 is 11.6 Å². The molecule has 102 valence electrons. The highest BCUT2D eigenvalue weighted by molar-refractivity contribution is 6.28. The number of methoxy groups -OCH3 is 2. The molecule has 0 amide bonds. The van der Waals surface area contributed by atoms with Gasteiger partial charge in [0.25, 0.3) is 0 Å². The first-order valence-electron chi connectivity index (χ1n) is 5.38. The molecule has 2 rings (SSSR count). The topological polar surface area (TPSA) is 90.2 Å². The van der Waals surface area contributed by atoms with Crippen LogP contribution in [0.3, 0.4) is 0 Å². The van der Waals surface area contributed by atoms with Gasteiger partial charge in [-0.15, -0.1) is 4.98 Å². The molecule has 0 saturated heterocycles. The third-order valence-corrected chi connectivity index (χ3v) is 2.41. The summed E-state index contributed by atoms with van der Waals surface area (Å²) in [5, 5.41) is 8.77. The van der Waals surface area contributed by atoms with E-state index >= 15 is 0 Å². The van der Waals surface area contributed by atoms with Crippen molar-refractivity contribution in [3.05, 3.63) is 29.0 Å². The van der Waals surface area contributed by atoms with E-state index in [0.717, 1.165) is 0 Å². The maximum atomic E-state index is 8.83. The van der Waals surface area contributed by atoms with Crippen LogP contribution in [0.25, 0.3) is 0 Å². The fourth-order valence-electron chi connectivity index (χ4n) is 1.37. The average molecular weight is 293 g/mol. The summed E-state index contributed by atoms with van der Waals surface area (Å²) in [4.78, 5) is 11.4. The summed E-state index contributed by atoms with van der Waals surface area (Å²) in [6.07, 6.45) is 0. The van der Waals surface area contributed by atoms with Crippen molar-refractivity contribution < 1.29 is 14.2 Å². The summed E-state index contributed by atoms with van der Waals surface area (Å²) >= 11 is 5.72. The third-order valence-electron chi connectivity index (χ3n) is 2.24. The fourth-order valence-corrected chi connectivity index (χ4v) is 1.52. The maximum Gasteiger partial charge on any atom is 0.329 e. The Morgan fingerprint density at radius 3 is 2.45 bits per heavy atom. The molecule has 0 saturated carbocycles. The van der Waals surface area contributed by atoms with Crippen LogP contribution in [0, 0.1) is 11.3 Å². The van der Waals surface area contributed by atoms with Gasteiger partial charge in [0.15, 0.2) is 11.5 Å². The van der Waals surface area contributed by atoms with Crippen LogP contribution >= 0.6 is 11.6 Å². The van der Waals surface area contributed by atoms with Crippen LogP contribution in [0.15, 0.2) is 18.2 Å². The minimum absolute atomic E-state index is 0.0348. The Kier molecular flexibility index (Phi) is 4.17. The second-order valence-electron chi connectivity index (χ2n) is 3.45. The van der Waals surface area contributed by atoms with Crippen LogP contribution in [0.4, 0.5) is 0 Å². The zero-order valence-corrected chi connectivity index (χ0v) is 11.4. The molecule has 8 heteroatoms. The van der Waals surface area contributed by atoms with E-state index in [1.165, 1.54) is 20.3 Å². The van der Waals surface area contributed by atoms with Crippen molar-refractivity contribution in [2.75, 3.05) is 14.2 Å². The summed E-state index contributed by atoms with van der Waals surface area (Å²) < 4.78 is 15.5. The molecule has 1 aromatic carbocycles. The van der Waals surface area contributed by atoms with Crippen LogP contribution < -0.4 is 14.2 Å². The molecule has 1 heterocycles. The smallest absolute Gasteiger partial charge is 0.329 e. The molecule has 0 spiro atoms. The largest absolute Gasteiger partial charge is 0.493 e. The maximum absolute atomic E-state index is 8.83. The monoisotopic (exact) mass is 292 g/mol. The van der Waals surface area contributed by atoms with Crippen molar-refractivity contribution in [3.8, 4) is 29.6 Å². The lowest BCUT2D eigenvalue weighted by Gasteiger charge is -2.09. The van der Waals surface area contributed by atoms with Crippen molar-refractivity contribution in [1.82, 2.24) is 15.0 Å². The van der Waals surface area contributed by atoms with Gasteiger partial charge in [-0.05, 0) is 23.7 Å². The molecule has 1 aromatic heterocycles. The first-order valence-corrected chi connectivity index (χ1v) is 5.75. The van der Waals surface area contributed by atoms with Gasteiger partial charge in [-0.25, -0.2) is 0 Å². The quantitative estimate of drug-likeness (QED) is 0.853. The summed E-state index contributed by atoms with van der Waals surface area (Å²) in [6, 6.07) is 6.69. The minimum Gasteiger partial charge on any atom is -0.493 e. The minimum atomic E-state index is -0.0561. The first-order chi connectivity index (χ1) is 9.66. The number of rotatable bonds is 4. The second kappa shape index (κ2) is 6.04. The van der Waals surface area contributed by atoms with E-state index in [9.17, 15) is 0 Å². The first kappa shape index (κ1) is 13.8. The van der Waals surface area contributed by atoms with Gasteiger partial charge in [-0.2, -0.15) is 15.2 Å². The van der Waals surface area contributed by atoms with Crippen molar-refractivity contribution in [2.45, 2.75) is 0 Å². The zero-order chi connectivity index (χ0) is 14.5. The standard InChI is InChI=1S/C12H9ClN4O3/c1-18-9-5-7(6-14)3-4-8(9)20-12-16-10(13)15-11(17-12)19-2/h3-5H,1-2H3. The Labute approximate surface area is 119 Å². The molecule has 0 aliphatic heterocycles. The average Bonchev–Trinajstić information content (AvgIpc) is 2.47. The van der Waals surface area contributed by atoms with Crippen LogP contribution in [0.1, 0.15) is 5.56 Å². The number of hydrogen-bond acceptors (Lipinski definition) is 7. The molecule has 2 aromatic rings. The normalized spacial score (nSPS) is 9.70. The van der Waals surface area contributed by atoms with Gasteiger partial charge in [0.2, 0.25) is 5.28 Å². The van der Waals surface area contributed by atoms with Gasteiger partial charge < -0.3 is 14.2 Å². The molecule has 0 fully saturated rings. The Hall–Kier alpha value is -2.59. The second-order valence-corrected chi connectivity index (χ2v) is 3.79. The summed E-state index contributed by atoms with van der Waals surface area (Å²) in [6.45, 7) is 0. The number of benzene rings is 1. The molecular weight excluding hydrogens is 284 g/mol. The van der Waals surface area contributed by atoms with Crippen molar-refractivity contribution in [1.29, 1.82) is 5.26 Å². The van der Waals surface area contributed by atoms with E-state index in [2.05, 4.69) is 15.0 Å². The van der Waals surface area contributed by atoms with E-state index in [-0.39, 0.29) is 17.3 Å². The van der Waals surface area contributed by atoms with Gasteiger partial charge in [0, 0.05) is 6.07 Å². The lowest BCUT2D eigenvalue weighted by molar-refractivity contribution is 0.345. The molecule has 0 radical (unpaired) electrons. The number of nitrogens with zero attached hydrogens (tertiary/aromatic N) is 4. The molecule has 0 unspecified atom stereocenters. The van der Waals surface area contributed by atoms with E-state index in [4.69, 9.17) is 31.1 Å². The third kappa shape index (κ3) is 3.05. The van der Waals surface area contributed by atoms with Gasteiger partial charge in [-0.1, -0.05) is 0 Å². The van der Waals surface area contributed by atoms with Crippen molar-refractivity contribution in [3.63, 3.8) is 0 Å². The predicted octanol–water partition coefficient (Wildman–Crippen LogP) is 2.21. The van der Waals surface area contributed by atoms with Crippen LogP contribution in [-0.2, 0) is 0 Å². The van der Waals surface area contributed by atoms with Gasteiger partial charge in [0.05, 0.1) is 25.9 Å². The molecule has 20 heavy (non-hydrogen) atoms. The zero-order valence-electron chi connectivity index (χ0n) is 10.6. The molecule has 0 atom stereocenters. The van der Waals surface area contributed by atoms with E-state index in [0.29, 0.717) is 17.1 Å². The Balaban J connectivity index is 2.34. The summed E-state index contributed by atoms with van der Waals surface area (Å²) in [5.74, 6) is 0.718. The van der Waals surface area contributed by atoms with E-state index < -0.39 is 0 Å². The number of halogens is 1. The number of ether oxygens (including phenoxy) is 3. The van der Waals surface area contributed by atoms with E-state index in [1.54, 1.807) is 12.1 Å². The van der Waals surface area contributed by atoms with Gasteiger partial charge in [0.1, 0.15) is 0 Å². The number of aromatic nitrogens is 3. The summed E-state index contributed by atoms with van der Waals surface area (Å²) in [7, 11) is 2.86. The highest BCUT2D eigenvalue weighted by Gasteiger charge is 2.11. The predicted molar refractivity (Wildman–Crippen MR) is 69.2 cm³/mol. The molecule has 0 N–H and O–H groups in total. The highest BCUT2D eigenvalue weighted by Crippen LogP contribution is 2.31. The molecule has 0 aliphatic rings. The molecule has 0 bridgehead atoms. The Morgan fingerprint density at radius 1 is 1.05 bits per heavy atom. The van der Waals surface area contributed by atoms with Crippen LogP contribution in [0.5, 0.6) is 23.5 Å². The Bertz CT molecular complexity index is 672. The van der Waals surface area contributed by atoms with Crippen molar-refractivity contribution in [2.24, 2.45) is 0 Å². The summed E-state index contributed by atoms with van der Waals surface area (Å²) in [5.41, 5.74) is 0.445. The number of nitriles is 1. The molecule has 7 nitrogen and oxygen atoms in total.